The number of aryl methyl sites for hydroxylation is 2. The normalized spacial score (nSPS) is 29.8. The molecule has 2 atom stereocenters. The van der Waals surface area contributed by atoms with Gasteiger partial charge in [-0.2, -0.15) is 0 Å². The highest BCUT2D eigenvalue weighted by atomic mass is 15.3. The van der Waals surface area contributed by atoms with Gasteiger partial charge in [-0.15, -0.1) is 0 Å². The monoisotopic (exact) mass is 326 g/mol. The molecule has 2 nitrogen and oxygen atoms in total. The first-order valence-corrected chi connectivity index (χ1v) is 10.3. The maximum Gasteiger partial charge on any atom is 0.0283 e. The number of hydrogen-bond acceptors (Lipinski definition) is 2. The van der Waals surface area contributed by atoms with E-state index in [-0.39, 0.29) is 0 Å². The number of fused-ring (bicyclic) bond motifs is 1. The zero-order chi connectivity index (χ0) is 16.5. The Morgan fingerprint density at radius 1 is 0.917 bits per heavy atom. The van der Waals surface area contributed by atoms with Crippen LogP contribution < -0.4 is 0 Å². The highest BCUT2D eigenvalue weighted by molar-refractivity contribution is 5.30. The molecule has 1 aliphatic carbocycles. The van der Waals surface area contributed by atoms with Crippen LogP contribution in [0.5, 0.6) is 0 Å². The molecule has 1 saturated carbocycles. The minimum absolute atomic E-state index is 0.807. The molecule has 1 aromatic rings. The summed E-state index contributed by atoms with van der Waals surface area (Å²) in [5.41, 5.74) is 4.43. The predicted octanol–water partition coefficient (Wildman–Crippen LogP) is 4.53. The lowest BCUT2D eigenvalue weighted by molar-refractivity contribution is -0.00389. The van der Waals surface area contributed by atoms with E-state index in [2.05, 4.69) is 41.8 Å². The number of rotatable bonds is 3. The Morgan fingerprint density at radius 2 is 1.75 bits per heavy atom. The van der Waals surface area contributed by atoms with Gasteiger partial charge in [-0.25, -0.2) is 0 Å². The lowest BCUT2D eigenvalue weighted by atomic mass is 9.78. The topological polar surface area (TPSA) is 6.48 Å². The molecule has 1 aromatic carbocycles. The van der Waals surface area contributed by atoms with Crippen LogP contribution in [-0.4, -0.2) is 41.5 Å². The van der Waals surface area contributed by atoms with Crippen molar-refractivity contribution in [3.05, 3.63) is 34.9 Å². The molecule has 132 valence electrons. The van der Waals surface area contributed by atoms with E-state index in [1.807, 2.05) is 0 Å². The second-order valence-electron chi connectivity index (χ2n) is 8.53. The van der Waals surface area contributed by atoms with Gasteiger partial charge in [0.2, 0.25) is 0 Å². The summed E-state index contributed by atoms with van der Waals surface area (Å²) in [6.07, 6.45) is 10.2. The smallest absolute Gasteiger partial charge is 0.0283 e. The van der Waals surface area contributed by atoms with Crippen LogP contribution in [0.25, 0.3) is 0 Å². The van der Waals surface area contributed by atoms with Gasteiger partial charge >= 0.3 is 0 Å². The Morgan fingerprint density at radius 3 is 2.58 bits per heavy atom. The van der Waals surface area contributed by atoms with Crippen LogP contribution >= 0.6 is 0 Å². The fraction of sp³-hybridized carbons (Fsp3) is 0.727. The third-order valence-corrected chi connectivity index (χ3v) is 6.92. The number of piperazine rings is 1. The SMILES string of the molecule is Cc1ccc(C)c(CN2CCN3CCCC3C2C2CCCCC2)c1. The summed E-state index contributed by atoms with van der Waals surface area (Å²) < 4.78 is 0. The molecule has 2 heterocycles. The molecule has 4 rings (SSSR count). The Kier molecular flexibility index (Phi) is 4.96. The Hall–Kier alpha value is -0.860. The second kappa shape index (κ2) is 7.17. The van der Waals surface area contributed by atoms with Crippen molar-refractivity contribution >= 4 is 0 Å². The van der Waals surface area contributed by atoms with Gasteiger partial charge in [-0.1, -0.05) is 43.0 Å². The first kappa shape index (κ1) is 16.6. The molecule has 3 fully saturated rings. The minimum atomic E-state index is 0.807. The molecule has 3 aliphatic rings. The summed E-state index contributed by atoms with van der Waals surface area (Å²) in [5.74, 6) is 0.940. The van der Waals surface area contributed by atoms with Gasteiger partial charge in [0.05, 0.1) is 0 Å². The van der Waals surface area contributed by atoms with E-state index in [0.717, 1.165) is 18.0 Å². The first-order chi connectivity index (χ1) is 11.7. The van der Waals surface area contributed by atoms with Gasteiger partial charge in [0, 0.05) is 31.7 Å². The van der Waals surface area contributed by atoms with Gasteiger partial charge in [0.15, 0.2) is 0 Å². The van der Waals surface area contributed by atoms with E-state index < -0.39 is 0 Å². The molecule has 2 heteroatoms. The standard InChI is InChI=1S/C22H34N2/c1-17-10-11-18(2)20(15-17)16-24-14-13-23-12-6-9-21(23)22(24)19-7-4-3-5-8-19/h10-11,15,19,21-22H,3-9,12-14,16H2,1-2H3. The van der Waals surface area contributed by atoms with Crippen molar-refractivity contribution in [1.29, 1.82) is 0 Å². The van der Waals surface area contributed by atoms with Crippen molar-refractivity contribution in [1.82, 2.24) is 9.80 Å². The lowest BCUT2D eigenvalue weighted by Gasteiger charge is -2.49. The summed E-state index contributed by atoms with van der Waals surface area (Å²) in [6, 6.07) is 8.64. The Balaban J connectivity index is 1.58. The number of nitrogens with zero attached hydrogens (tertiary/aromatic N) is 2. The molecule has 2 saturated heterocycles. The average molecular weight is 327 g/mol. The summed E-state index contributed by atoms with van der Waals surface area (Å²) in [5, 5.41) is 0. The van der Waals surface area contributed by atoms with E-state index in [1.165, 1.54) is 82.3 Å². The molecule has 24 heavy (non-hydrogen) atoms. The maximum atomic E-state index is 2.88. The van der Waals surface area contributed by atoms with E-state index >= 15 is 0 Å². The largest absolute Gasteiger partial charge is 0.298 e. The lowest BCUT2D eigenvalue weighted by Crippen LogP contribution is -2.59. The summed E-state index contributed by atoms with van der Waals surface area (Å²) in [7, 11) is 0. The third kappa shape index (κ3) is 3.28. The van der Waals surface area contributed by atoms with Crippen molar-refractivity contribution in [2.45, 2.75) is 77.4 Å². The van der Waals surface area contributed by atoms with Gasteiger partial charge < -0.3 is 0 Å². The molecule has 2 unspecified atom stereocenters. The highest BCUT2D eigenvalue weighted by Crippen LogP contribution is 2.38. The number of hydrogen-bond donors (Lipinski definition) is 0. The zero-order valence-electron chi connectivity index (χ0n) is 15.6. The van der Waals surface area contributed by atoms with Crippen molar-refractivity contribution in [3.63, 3.8) is 0 Å². The van der Waals surface area contributed by atoms with Crippen LogP contribution in [0.15, 0.2) is 18.2 Å². The fourth-order valence-electron chi connectivity index (χ4n) is 5.63. The molecule has 0 amide bonds. The van der Waals surface area contributed by atoms with E-state index in [1.54, 1.807) is 5.56 Å². The van der Waals surface area contributed by atoms with Crippen LogP contribution in [0.1, 0.15) is 61.6 Å². The fourth-order valence-corrected chi connectivity index (χ4v) is 5.63. The average Bonchev–Trinajstić information content (AvgIpc) is 3.07. The van der Waals surface area contributed by atoms with Gasteiger partial charge in [-0.05, 0) is 63.1 Å². The molecule has 0 N–H and O–H groups in total. The molecular weight excluding hydrogens is 292 g/mol. The predicted molar refractivity (Wildman–Crippen MR) is 101 cm³/mol. The van der Waals surface area contributed by atoms with Crippen LogP contribution in [0.4, 0.5) is 0 Å². The third-order valence-electron chi connectivity index (χ3n) is 6.92. The minimum Gasteiger partial charge on any atom is -0.298 e. The summed E-state index contributed by atoms with van der Waals surface area (Å²) in [6.45, 7) is 9.60. The molecule has 0 spiro atoms. The first-order valence-electron chi connectivity index (χ1n) is 10.3. The van der Waals surface area contributed by atoms with Crippen molar-refractivity contribution in [3.8, 4) is 0 Å². The van der Waals surface area contributed by atoms with Crippen LogP contribution in [0.2, 0.25) is 0 Å². The van der Waals surface area contributed by atoms with E-state index in [0.29, 0.717) is 0 Å². The summed E-state index contributed by atoms with van der Waals surface area (Å²) in [4.78, 5) is 5.70. The quantitative estimate of drug-likeness (QED) is 0.805. The van der Waals surface area contributed by atoms with Crippen LogP contribution in [0.3, 0.4) is 0 Å². The second-order valence-corrected chi connectivity index (χ2v) is 8.53. The molecule has 2 aliphatic heterocycles. The molecule has 0 bridgehead atoms. The molecule has 0 radical (unpaired) electrons. The zero-order valence-corrected chi connectivity index (χ0v) is 15.6. The van der Waals surface area contributed by atoms with Gasteiger partial charge in [0.1, 0.15) is 0 Å². The van der Waals surface area contributed by atoms with Crippen molar-refractivity contribution < 1.29 is 0 Å². The maximum absolute atomic E-state index is 2.88. The highest BCUT2D eigenvalue weighted by Gasteiger charge is 2.42. The van der Waals surface area contributed by atoms with E-state index in [4.69, 9.17) is 0 Å². The Labute approximate surface area is 148 Å². The van der Waals surface area contributed by atoms with Crippen molar-refractivity contribution in [2.24, 2.45) is 5.92 Å². The van der Waals surface area contributed by atoms with Crippen LogP contribution in [0, 0.1) is 19.8 Å². The van der Waals surface area contributed by atoms with Gasteiger partial charge in [0.25, 0.3) is 0 Å². The molecular formula is C22H34N2. The van der Waals surface area contributed by atoms with Crippen LogP contribution in [-0.2, 0) is 6.54 Å². The Bertz CT molecular complexity index is 561. The van der Waals surface area contributed by atoms with Crippen molar-refractivity contribution in [2.75, 3.05) is 19.6 Å². The number of benzene rings is 1. The van der Waals surface area contributed by atoms with Gasteiger partial charge in [-0.3, -0.25) is 9.80 Å². The molecule has 0 aromatic heterocycles. The summed E-state index contributed by atoms with van der Waals surface area (Å²) >= 11 is 0. The van der Waals surface area contributed by atoms with E-state index in [9.17, 15) is 0 Å².